The van der Waals surface area contributed by atoms with Crippen LogP contribution in [0.2, 0.25) is 0 Å². The summed E-state index contributed by atoms with van der Waals surface area (Å²) in [7, 11) is 1.42. The zero-order valence-corrected chi connectivity index (χ0v) is 10.9. The van der Waals surface area contributed by atoms with Gasteiger partial charge in [0.25, 0.3) is 5.91 Å². The second-order valence-corrected chi connectivity index (χ2v) is 4.50. The number of morpholine rings is 1. The van der Waals surface area contributed by atoms with E-state index >= 15 is 0 Å². The summed E-state index contributed by atoms with van der Waals surface area (Å²) in [5, 5.41) is 2.42. The highest BCUT2D eigenvalue weighted by Gasteiger charge is 2.24. The Kier molecular flexibility index (Phi) is 3.99. The van der Waals surface area contributed by atoms with Gasteiger partial charge in [0, 0.05) is 25.7 Å². The minimum Gasteiger partial charge on any atom is -0.383 e. The van der Waals surface area contributed by atoms with Crippen LogP contribution in [0.15, 0.2) is 12.1 Å². The molecule has 1 heterocycles. The van der Waals surface area contributed by atoms with Gasteiger partial charge in [0.2, 0.25) is 0 Å². The zero-order valence-electron chi connectivity index (χ0n) is 10.9. The fourth-order valence-electron chi connectivity index (χ4n) is 2.12. The molecule has 1 unspecified atom stereocenters. The number of carbonyl (C=O) groups excluding carboxylic acids is 1. The molecule has 0 radical (unpaired) electrons. The summed E-state index contributed by atoms with van der Waals surface area (Å²) < 4.78 is 32.6. The van der Waals surface area contributed by atoms with Crippen LogP contribution < -0.4 is 5.32 Å². The predicted molar refractivity (Wildman–Crippen MR) is 67.2 cm³/mol. The molecule has 104 valence electrons. The Hall–Kier alpha value is -1.69. The number of hydrogen-bond acceptors (Lipinski definition) is 3. The number of halogens is 2. The molecule has 0 saturated carbocycles. The maximum absolute atomic E-state index is 13.6. The van der Waals surface area contributed by atoms with Crippen molar-refractivity contribution in [2.24, 2.45) is 0 Å². The largest absolute Gasteiger partial charge is 0.383 e. The van der Waals surface area contributed by atoms with Gasteiger partial charge >= 0.3 is 0 Å². The van der Waals surface area contributed by atoms with Crippen molar-refractivity contribution < 1.29 is 18.3 Å². The van der Waals surface area contributed by atoms with Crippen molar-refractivity contribution in [3.05, 3.63) is 29.3 Å². The van der Waals surface area contributed by atoms with E-state index in [1.807, 2.05) is 6.92 Å². The molecular formula is C13H16F2N2O2. The lowest BCUT2D eigenvalue weighted by molar-refractivity contribution is -0.0124. The van der Waals surface area contributed by atoms with Crippen molar-refractivity contribution in [2.75, 3.05) is 32.1 Å². The molecule has 1 aromatic rings. The van der Waals surface area contributed by atoms with Gasteiger partial charge in [0.05, 0.1) is 12.7 Å². The third-order valence-electron chi connectivity index (χ3n) is 3.07. The lowest BCUT2D eigenvalue weighted by Crippen LogP contribution is -2.44. The van der Waals surface area contributed by atoms with Crippen molar-refractivity contribution in [3.63, 3.8) is 0 Å². The molecule has 1 aromatic carbocycles. The summed E-state index contributed by atoms with van der Waals surface area (Å²) in [4.78, 5) is 13.7. The quantitative estimate of drug-likeness (QED) is 0.892. The van der Waals surface area contributed by atoms with Crippen LogP contribution in [-0.2, 0) is 4.74 Å². The first-order valence-corrected chi connectivity index (χ1v) is 6.10. The van der Waals surface area contributed by atoms with Crippen LogP contribution in [0.25, 0.3) is 0 Å². The summed E-state index contributed by atoms with van der Waals surface area (Å²) >= 11 is 0. The molecule has 1 atom stereocenters. The number of nitrogens with zero attached hydrogens (tertiary/aromatic N) is 1. The molecule has 0 aromatic heterocycles. The topological polar surface area (TPSA) is 41.6 Å². The minimum atomic E-state index is -0.771. The van der Waals surface area contributed by atoms with Crippen LogP contribution in [0.5, 0.6) is 0 Å². The molecule has 4 nitrogen and oxygen atoms in total. The van der Waals surface area contributed by atoms with Crippen molar-refractivity contribution in [2.45, 2.75) is 13.0 Å². The first kappa shape index (κ1) is 13.7. The Balaban J connectivity index is 2.24. The van der Waals surface area contributed by atoms with Gasteiger partial charge in [-0.2, -0.15) is 0 Å². The van der Waals surface area contributed by atoms with Gasteiger partial charge in [-0.25, -0.2) is 8.78 Å². The third-order valence-corrected chi connectivity index (χ3v) is 3.07. The van der Waals surface area contributed by atoms with E-state index in [1.165, 1.54) is 7.05 Å². The predicted octanol–water partition coefficient (Wildman–Crippen LogP) is 1.87. The lowest BCUT2D eigenvalue weighted by Gasteiger charge is -2.31. The summed E-state index contributed by atoms with van der Waals surface area (Å²) in [6.45, 7) is 3.15. The summed E-state index contributed by atoms with van der Waals surface area (Å²) in [5.41, 5.74) is -0.213. The number of amides is 1. The standard InChI is InChI=1S/C13H16F2N2O2/c1-8-7-17(3-4-19-8)13(18)9-5-10(14)12(16-2)11(15)6-9/h5-6,8,16H,3-4,7H2,1-2H3. The minimum absolute atomic E-state index is 0.0168. The number of rotatable bonds is 2. The number of hydrogen-bond donors (Lipinski definition) is 1. The highest BCUT2D eigenvalue weighted by Crippen LogP contribution is 2.21. The highest BCUT2D eigenvalue weighted by atomic mass is 19.1. The van der Waals surface area contributed by atoms with E-state index in [0.717, 1.165) is 12.1 Å². The molecule has 1 fully saturated rings. The first-order chi connectivity index (χ1) is 9.02. The van der Waals surface area contributed by atoms with Gasteiger partial charge in [-0.1, -0.05) is 0 Å². The summed E-state index contributed by atoms with van der Waals surface area (Å²) in [6, 6.07) is 2.11. The van der Waals surface area contributed by atoms with E-state index in [9.17, 15) is 13.6 Å². The van der Waals surface area contributed by atoms with E-state index in [2.05, 4.69) is 5.32 Å². The van der Waals surface area contributed by atoms with Crippen molar-refractivity contribution in [3.8, 4) is 0 Å². The molecular weight excluding hydrogens is 254 g/mol. The van der Waals surface area contributed by atoms with Crippen molar-refractivity contribution in [1.29, 1.82) is 0 Å². The van der Waals surface area contributed by atoms with Crippen LogP contribution >= 0.6 is 0 Å². The number of nitrogens with one attached hydrogen (secondary N) is 1. The van der Waals surface area contributed by atoms with Gasteiger partial charge < -0.3 is 15.0 Å². The van der Waals surface area contributed by atoms with Gasteiger partial charge in [-0.05, 0) is 19.1 Å². The second-order valence-electron chi connectivity index (χ2n) is 4.50. The van der Waals surface area contributed by atoms with Crippen molar-refractivity contribution in [1.82, 2.24) is 4.90 Å². The Morgan fingerprint density at radius 2 is 2.05 bits per heavy atom. The molecule has 0 aliphatic carbocycles. The van der Waals surface area contributed by atoms with E-state index in [-0.39, 0.29) is 23.3 Å². The number of anilines is 1. The SMILES string of the molecule is CNc1c(F)cc(C(=O)N2CCOC(C)C2)cc1F. The summed E-state index contributed by atoms with van der Waals surface area (Å²) in [6.07, 6.45) is -0.0658. The Morgan fingerprint density at radius 1 is 1.42 bits per heavy atom. The van der Waals surface area contributed by atoms with Crippen molar-refractivity contribution >= 4 is 11.6 Å². The molecule has 0 spiro atoms. The molecule has 19 heavy (non-hydrogen) atoms. The molecule has 6 heteroatoms. The Labute approximate surface area is 110 Å². The molecule has 2 rings (SSSR count). The fourth-order valence-corrected chi connectivity index (χ4v) is 2.12. The molecule has 1 amide bonds. The fraction of sp³-hybridized carbons (Fsp3) is 0.462. The Morgan fingerprint density at radius 3 is 2.58 bits per heavy atom. The molecule has 1 N–H and O–H groups in total. The highest BCUT2D eigenvalue weighted by molar-refractivity contribution is 5.94. The second kappa shape index (κ2) is 5.52. The maximum Gasteiger partial charge on any atom is 0.254 e. The molecule has 1 aliphatic rings. The van der Waals surface area contributed by atoms with Crippen LogP contribution in [-0.4, -0.2) is 43.7 Å². The normalized spacial score (nSPS) is 19.4. The Bertz CT molecular complexity index is 471. The van der Waals surface area contributed by atoms with Gasteiger partial charge in [0.15, 0.2) is 0 Å². The van der Waals surface area contributed by atoms with Crippen LogP contribution in [0.1, 0.15) is 17.3 Å². The van der Waals surface area contributed by atoms with Crippen LogP contribution in [0.3, 0.4) is 0 Å². The maximum atomic E-state index is 13.6. The number of ether oxygens (including phenoxy) is 1. The van der Waals surface area contributed by atoms with Gasteiger partial charge in [-0.15, -0.1) is 0 Å². The monoisotopic (exact) mass is 270 g/mol. The smallest absolute Gasteiger partial charge is 0.254 e. The van der Waals surface area contributed by atoms with E-state index in [0.29, 0.717) is 19.7 Å². The molecule has 1 aliphatic heterocycles. The molecule has 1 saturated heterocycles. The van der Waals surface area contributed by atoms with Crippen LogP contribution in [0.4, 0.5) is 14.5 Å². The first-order valence-electron chi connectivity index (χ1n) is 6.10. The van der Waals surface area contributed by atoms with Gasteiger partial charge in [-0.3, -0.25) is 4.79 Å². The summed E-state index contributed by atoms with van der Waals surface area (Å²) in [5.74, 6) is -1.92. The van der Waals surface area contributed by atoms with Crippen LogP contribution in [0, 0.1) is 11.6 Å². The van der Waals surface area contributed by atoms with E-state index in [4.69, 9.17) is 4.74 Å². The average molecular weight is 270 g/mol. The number of carbonyl (C=O) groups is 1. The number of benzene rings is 1. The van der Waals surface area contributed by atoms with Gasteiger partial charge in [0.1, 0.15) is 17.3 Å². The molecule has 0 bridgehead atoms. The average Bonchev–Trinajstić information content (AvgIpc) is 2.37. The van der Waals surface area contributed by atoms with E-state index in [1.54, 1.807) is 4.90 Å². The zero-order chi connectivity index (χ0) is 14.0. The lowest BCUT2D eigenvalue weighted by atomic mass is 10.1. The van der Waals surface area contributed by atoms with E-state index < -0.39 is 11.6 Å². The third kappa shape index (κ3) is 2.84.